The summed E-state index contributed by atoms with van der Waals surface area (Å²) in [6.45, 7) is 5.79. The van der Waals surface area contributed by atoms with Gasteiger partial charge in [0, 0.05) is 24.7 Å². The molecule has 0 fully saturated rings. The van der Waals surface area contributed by atoms with Crippen LogP contribution in [0, 0.1) is 0 Å². The van der Waals surface area contributed by atoms with E-state index in [0.717, 1.165) is 5.69 Å². The lowest BCUT2D eigenvalue weighted by Gasteiger charge is -2.24. The minimum Gasteiger partial charge on any atom is -0.458 e. The maximum atomic E-state index is 12.2. The lowest BCUT2D eigenvalue weighted by atomic mass is 10.1. The molecule has 1 aromatic rings. The average Bonchev–Trinajstić information content (AvgIpc) is 2.86. The topological polar surface area (TPSA) is 110 Å². The minimum atomic E-state index is -0.741. The van der Waals surface area contributed by atoms with Crippen LogP contribution in [0.1, 0.15) is 39.3 Å². The van der Waals surface area contributed by atoms with Crippen molar-refractivity contribution in [1.29, 1.82) is 0 Å². The molecule has 7 heteroatoms. The quantitative estimate of drug-likeness (QED) is 0.635. The number of esters is 1. The summed E-state index contributed by atoms with van der Waals surface area (Å²) in [6.07, 6.45) is 4.32. The molecule has 0 radical (unpaired) electrons. The Balaban J connectivity index is 2.69. The molecular formula is C14H24N4O3. The first-order valence-electron chi connectivity index (χ1n) is 7.01. The molecule has 0 aliphatic carbocycles. The Morgan fingerprint density at radius 3 is 2.71 bits per heavy atom. The van der Waals surface area contributed by atoms with Crippen molar-refractivity contribution in [3.63, 3.8) is 0 Å². The molecule has 0 aliphatic heterocycles. The molecule has 7 nitrogen and oxygen atoms in total. The van der Waals surface area contributed by atoms with E-state index in [1.54, 1.807) is 27.0 Å². The zero-order valence-corrected chi connectivity index (χ0v) is 12.8. The molecule has 0 saturated heterocycles. The van der Waals surface area contributed by atoms with E-state index in [2.05, 4.69) is 15.3 Å². The highest BCUT2D eigenvalue weighted by molar-refractivity contribution is 5.84. The third kappa shape index (κ3) is 6.89. The smallest absolute Gasteiger partial charge is 0.329 e. The summed E-state index contributed by atoms with van der Waals surface area (Å²) in [5.41, 5.74) is 5.52. The molecule has 0 bridgehead atoms. The van der Waals surface area contributed by atoms with Gasteiger partial charge >= 0.3 is 5.97 Å². The van der Waals surface area contributed by atoms with Crippen LogP contribution in [0.15, 0.2) is 12.5 Å². The predicted molar refractivity (Wildman–Crippen MR) is 78.4 cm³/mol. The molecule has 0 saturated carbocycles. The van der Waals surface area contributed by atoms with Crippen LogP contribution in [0.5, 0.6) is 0 Å². The van der Waals surface area contributed by atoms with Crippen molar-refractivity contribution in [3.05, 3.63) is 18.2 Å². The van der Waals surface area contributed by atoms with Crippen molar-refractivity contribution in [2.45, 2.75) is 51.7 Å². The highest BCUT2D eigenvalue weighted by Crippen LogP contribution is 2.10. The number of nitrogens with two attached hydrogens (primary N) is 1. The standard InChI is InChI=1S/C14H24N4O3/c1-14(2,3)21-13(20)11(7-10-8-16-9-17-10)18-12(19)5-4-6-15/h8-9,11H,4-7,15H2,1-3H3,(H,16,17)(H,18,19)/t11-/m0/s1. The fourth-order valence-electron chi connectivity index (χ4n) is 1.71. The van der Waals surface area contributed by atoms with Crippen LogP contribution in [0.2, 0.25) is 0 Å². The van der Waals surface area contributed by atoms with Gasteiger partial charge in [0.1, 0.15) is 11.6 Å². The average molecular weight is 296 g/mol. The van der Waals surface area contributed by atoms with Gasteiger partial charge in [-0.1, -0.05) is 0 Å². The molecule has 118 valence electrons. The number of amides is 1. The number of carbonyl (C=O) groups is 2. The molecule has 1 heterocycles. The van der Waals surface area contributed by atoms with Gasteiger partial charge in [0.25, 0.3) is 0 Å². The maximum Gasteiger partial charge on any atom is 0.329 e. The van der Waals surface area contributed by atoms with E-state index in [1.165, 1.54) is 6.33 Å². The number of hydrogen-bond acceptors (Lipinski definition) is 5. The van der Waals surface area contributed by atoms with Gasteiger partial charge in [-0.05, 0) is 33.7 Å². The Morgan fingerprint density at radius 2 is 2.19 bits per heavy atom. The van der Waals surface area contributed by atoms with Crippen molar-refractivity contribution in [2.24, 2.45) is 5.73 Å². The number of aromatic nitrogens is 2. The number of imidazole rings is 1. The third-order valence-electron chi connectivity index (χ3n) is 2.61. The van der Waals surface area contributed by atoms with Crippen molar-refractivity contribution in [2.75, 3.05) is 6.54 Å². The highest BCUT2D eigenvalue weighted by Gasteiger charge is 2.27. The van der Waals surface area contributed by atoms with Gasteiger partial charge in [0.05, 0.1) is 6.33 Å². The Bertz CT molecular complexity index is 451. The van der Waals surface area contributed by atoms with Gasteiger partial charge in [-0.25, -0.2) is 9.78 Å². The summed E-state index contributed by atoms with van der Waals surface area (Å²) in [5, 5.41) is 2.70. The molecule has 0 unspecified atom stereocenters. The highest BCUT2D eigenvalue weighted by atomic mass is 16.6. The molecule has 0 aromatic carbocycles. The van der Waals surface area contributed by atoms with E-state index in [1.807, 2.05) is 0 Å². The number of aromatic amines is 1. The first-order valence-corrected chi connectivity index (χ1v) is 7.01. The number of rotatable bonds is 7. The first kappa shape index (κ1) is 17.2. The Labute approximate surface area is 124 Å². The second-order valence-corrected chi connectivity index (χ2v) is 5.83. The molecule has 0 aliphatic rings. The van der Waals surface area contributed by atoms with Crippen molar-refractivity contribution in [3.8, 4) is 0 Å². The van der Waals surface area contributed by atoms with Crippen LogP contribution < -0.4 is 11.1 Å². The number of ether oxygens (including phenoxy) is 1. The summed E-state index contributed by atoms with van der Waals surface area (Å²) in [7, 11) is 0. The largest absolute Gasteiger partial charge is 0.458 e. The normalized spacial score (nSPS) is 12.8. The van der Waals surface area contributed by atoms with Gasteiger partial charge in [-0.2, -0.15) is 0 Å². The third-order valence-corrected chi connectivity index (χ3v) is 2.61. The number of H-pyrrole nitrogens is 1. The fourth-order valence-corrected chi connectivity index (χ4v) is 1.71. The summed E-state index contributed by atoms with van der Waals surface area (Å²) in [5.74, 6) is -0.672. The fraction of sp³-hybridized carbons (Fsp3) is 0.643. The number of hydrogen-bond donors (Lipinski definition) is 3. The maximum absolute atomic E-state index is 12.2. The molecular weight excluding hydrogens is 272 g/mol. The number of carbonyl (C=O) groups excluding carboxylic acids is 2. The Morgan fingerprint density at radius 1 is 1.48 bits per heavy atom. The molecule has 1 aromatic heterocycles. The second kappa shape index (κ2) is 7.78. The number of nitrogens with one attached hydrogen (secondary N) is 2. The monoisotopic (exact) mass is 296 g/mol. The summed E-state index contributed by atoms with van der Waals surface area (Å²) in [4.78, 5) is 30.8. The van der Waals surface area contributed by atoms with Crippen LogP contribution in [-0.2, 0) is 20.7 Å². The van der Waals surface area contributed by atoms with Crippen LogP contribution in [-0.4, -0.2) is 40.0 Å². The van der Waals surface area contributed by atoms with Crippen LogP contribution in [0.4, 0.5) is 0 Å². The van der Waals surface area contributed by atoms with Gasteiger partial charge in [0.15, 0.2) is 0 Å². The van der Waals surface area contributed by atoms with E-state index in [9.17, 15) is 9.59 Å². The van der Waals surface area contributed by atoms with E-state index in [4.69, 9.17) is 10.5 Å². The van der Waals surface area contributed by atoms with Crippen molar-refractivity contribution < 1.29 is 14.3 Å². The van der Waals surface area contributed by atoms with E-state index in [-0.39, 0.29) is 5.91 Å². The predicted octanol–water partition coefficient (Wildman–Crippen LogP) is 0.518. The molecule has 1 atom stereocenters. The van der Waals surface area contributed by atoms with Gasteiger partial charge < -0.3 is 20.8 Å². The lowest BCUT2D eigenvalue weighted by Crippen LogP contribution is -2.45. The van der Waals surface area contributed by atoms with Crippen LogP contribution in [0.25, 0.3) is 0 Å². The van der Waals surface area contributed by atoms with Crippen LogP contribution in [0.3, 0.4) is 0 Å². The van der Waals surface area contributed by atoms with Gasteiger partial charge in [0.2, 0.25) is 5.91 Å². The summed E-state index contributed by atoms with van der Waals surface area (Å²) < 4.78 is 5.34. The van der Waals surface area contributed by atoms with E-state index in [0.29, 0.717) is 25.8 Å². The lowest BCUT2D eigenvalue weighted by molar-refractivity contribution is -0.158. The van der Waals surface area contributed by atoms with Gasteiger partial charge in [-0.3, -0.25) is 4.79 Å². The molecule has 21 heavy (non-hydrogen) atoms. The molecule has 1 amide bonds. The molecule has 4 N–H and O–H groups in total. The van der Waals surface area contributed by atoms with E-state index >= 15 is 0 Å². The Hall–Kier alpha value is -1.89. The van der Waals surface area contributed by atoms with Crippen molar-refractivity contribution in [1.82, 2.24) is 15.3 Å². The summed E-state index contributed by atoms with van der Waals surface area (Å²) >= 11 is 0. The Kier molecular flexibility index (Phi) is 6.36. The zero-order valence-electron chi connectivity index (χ0n) is 12.8. The zero-order chi connectivity index (χ0) is 15.9. The molecule has 1 rings (SSSR count). The molecule has 0 spiro atoms. The minimum absolute atomic E-state index is 0.212. The number of nitrogens with zero attached hydrogens (tertiary/aromatic N) is 1. The van der Waals surface area contributed by atoms with Crippen molar-refractivity contribution >= 4 is 11.9 Å². The SMILES string of the molecule is CC(C)(C)OC(=O)[C@H](Cc1cnc[nH]1)NC(=O)CCCN. The van der Waals surface area contributed by atoms with Gasteiger partial charge in [-0.15, -0.1) is 0 Å². The second-order valence-electron chi connectivity index (χ2n) is 5.83. The van der Waals surface area contributed by atoms with Crippen LogP contribution >= 0.6 is 0 Å². The first-order chi connectivity index (χ1) is 9.81. The van der Waals surface area contributed by atoms with E-state index < -0.39 is 17.6 Å². The summed E-state index contributed by atoms with van der Waals surface area (Å²) in [6, 6.07) is -0.741.